The molecule has 0 bridgehead atoms. The third-order valence-corrected chi connectivity index (χ3v) is 4.92. The molecule has 24 heavy (non-hydrogen) atoms. The molecule has 1 nitrogen and oxygen atoms in total. The topological polar surface area (TPSA) is 12.0 Å². The summed E-state index contributed by atoms with van der Waals surface area (Å²) in [4.78, 5) is 0. The van der Waals surface area contributed by atoms with E-state index in [0.29, 0.717) is 0 Å². The van der Waals surface area contributed by atoms with Gasteiger partial charge in [-0.2, -0.15) is 12.6 Å². The molecule has 0 aromatic heterocycles. The second-order valence-corrected chi connectivity index (χ2v) is 9.50. The molecule has 0 saturated carbocycles. The highest BCUT2D eigenvalue weighted by molar-refractivity contribution is 7.81. The van der Waals surface area contributed by atoms with Gasteiger partial charge < -0.3 is 5.32 Å². The Labute approximate surface area is 159 Å². The van der Waals surface area contributed by atoms with Gasteiger partial charge in [-0.1, -0.05) is 103 Å². The summed E-state index contributed by atoms with van der Waals surface area (Å²) in [5.74, 6) is 0. The summed E-state index contributed by atoms with van der Waals surface area (Å²) in [5.41, 5.74) is 0. The fourth-order valence-corrected chi connectivity index (χ4v) is 3.30. The minimum Gasteiger partial charge on any atom is -0.315 e. The predicted molar refractivity (Wildman–Crippen MR) is 115 cm³/mol. The van der Waals surface area contributed by atoms with Crippen molar-refractivity contribution in [1.29, 1.82) is 0 Å². The molecule has 0 aromatic rings. The molecule has 1 N–H and O–H groups in total. The maximum Gasteiger partial charge on any atom is 0.0198 e. The van der Waals surface area contributed by atoms with Crippen LogP contribution in [0.15, 0.2) is 0 Å². The molecule has 0 aliphatic carbocycles. The van der Waals surface area contributed by atoms with Crippen LogP contribution in [-0.4, -0.2) is 17.8 Å². The van der Waals surface area contributed by atoms with Gasteiger partial charge >= 0.3 is 0 Å². The van der Waals surface area contributed by atoms with Crippen molar-refractivity contribution in [1.82, 2.24) is 5.32 Å². The van der Waals surface area contributed by atoms with E-state index in [1.54, 1.807) is 0 Å². The van der Waals surface area contributed by atoms with Crippen LogP contribution in [0.3, 0.4) is 0 Å². The first-order valence-electron chi connectivity index (χ1n) is 11.0. The van der Waals surface area contributed by atoms with Crippen molar-refractivity contribution in [2.75, 3.05) is 13.1 Å². The van der Waals surface area contributed by atoms with Crippen molar-refractivity contribution in [3.8, 4) is 0 Å². The molecule has 0 fully saturated rings. The molecule has 0 atom stereocenters. The Morgan fingerprint density at radius 3 is 1.25 bits per heavy atom. The normalized spacial score (nSPS) is 12.0. The summed E-state index contributed by atoms with van der Waals surface area (Å²) in [6, 6.07) is 0. The first-order valence-corrected chi connectivity index (χ1v) is 11.4. The summed E-state index contributed by atoms with van der Waals surface area (Å²) >= 11 is 4.53. The van der Waals surface area contributed by atoms with Gasteiger partial charge in [-0.15, -0.1) is 0 Å². The molecular formula is C22H47NS. The molecule has 0 aromatic carbocycles. The molecule has 0 aliphatic heterocycles. The Morgan fingerprint density at radius 2 is 0.917 bits per heavy atom. The summed E-state index contributed by atoms with van der Waals surface area (Å²) < 4.78 is 0.120. The number of hydrogen-bond acceptors (Lipinski definition) is 2. The Kier molecular flexibility index (Phi) is 18.3. The predicted octanol–water partition coefficient (Wildman–Crippen LogP) is 7.55. The SMILES string of the molecule is CCCCCCCCCCCCCCCCCCNCC(C)(C)S. The summed E-state index contributed by atoms with van der Waals surface area (Å²) in [5, 5.41) is 3.50. The van der Waals surface area contributed by atoms with Crippen LogP contribution < -0.4 is 5.32 Å². The average molecular weight is 358 g/mol. The van der Waals surface area contributed by atoms with Gasteiger partial charge in [0.25, 0.3) is 0 Å². The fraction of sp³-hybridized carbons (Fsp3) is 1.00. The fourth-order valence-electron chi connectivity index (χ4n) is 3.19. The maximum absolute atomic E-state index is 4.53. The lowest BCUT2D eigenvalue weighted by Gasteiger charge is -2.17. The van der Waals surface area contributed by atoms with Crippen molar-refractivity contribution < 1.29 is 0 Å². The zero-order valence-corrected chi connectivity index (χ0v) is 18.1. The van der Waals surface area contributed by atoms with Gasteiger partial charge in [-0.25, -0.2) is 0 Å². The molecule has 0 radical (unpaired) electrons. The quantitative estimate of drug-likeness (QED) is 0.180. The highest BCUT2D eigenvalue weighted by atomic mass is 32.1. The highest BCUT2D eigenvalue weighted by Crippen LogP contribution is 2.13. The van der Waals surface area contributed by atoms with Gasteiger partial charge in [-0.3, -0.25) is 0 Å². The third-order valence-electron chi connectivity index (χ3n) is 4.76. The molecule has 0 rings (SSSR count). The Bertz CT molecular complexity index is 235. The van der Waals surface area contributed by atoms with Gasteiger partial charge in [0, 0.05) is 11.3 Å². The van der Waals surface area contributed by atoms with Crippen LogP contribution in [0, 0.1) is 0 Å². The van der Waals surface area contributed by atoms with Crippen LogP contribution in [0.4, 0.5) is 0 Å². The molecule has 0 amide bonds. The second-order valence-electron chi connectivity index (χ2n) is 8.29. The summed E-state index contributed by atoms with van der Waals surface area (Å²) in [6.45, 7) is 8.79. The van der Waals surface area contributed by atoms with E-state index in [9.17, 15) is 0 Å². The smallest absolute Gasteiger partial charge is 0.0198 e. The lowest BCUT2D eigenvalue weighted by molar-refractivity contribution is 0.520. The van der Waals surface area contributed by atoms with E-state index in [4.69, 9.17) is 0 Å². The Hall–Kier alpha value is 0.310. The van der Waals surface area contributed by atoms with Crippen molar-refractivity contribution in [3.05, 3.63) is 0 Å². The van der Waals surface area contributed by atoms with Crippen LogP contribution >= 0.6 is 12.6 Å². The van der Waals surface area contributed by atoms with E-state index < -0.39 is 0 Å². The van der Waals surface area contributed by atoms with E-state index >= 15 is 0 Å². The largest absolute Gasteiger partial charge is 0.315 e. The number of hydrogen-bond donors (Lipinski definition) is 2. The standard InChI is InChI=1S/C22H47NS/c1-4-5-6-7-8-9-10-11-12-13-14-15-16-17-18-19-20-23-21-22(2,3)24/h23-24H,4-21H2,1-3H3. The minimum absolute atomic E-state index is 0.120. The molecule has 146 valence electrons. The number of rotatable bonds is 19. The van der Waals surface area contributed by atoms with E-state index in [-0.39, 0.29) is 4.75 Å². The first-order chi connectivity index (χ1) is 11.6. The van der Waals surface area contributed by atoms with Crippen molar-refractivity contribution >= 4 is 12.6 Å². The van der Waals surface area contributed by atoms with Gasteiger partial charge in [0.2, 0.25) is 0 Å². The Morgan fingerprint density at radius 1 is 0.583 bits per heavy atom. The van der Waals surface area contributed by atoms with Gasteiger partial charge in [0.15, 0.2) is 0 Å². The molecule has 2 heteroatoms. The lowest BCUT2D eigenvalue weighted by atomic mass is 10.0. The number of nitrogens with one attached hydrogen (secondary N) is 1. The van der Waals surface area contributed by atoms with Crippen molar-refractivity contribution in [3.63, 3.8) is 0 Å². The molecule has 0 spiro atoms. The van der Waals surface area contributed by atoms with Crippen LogP contribution in [0.1, 0.15) is 124 Å². The average Bonchev–Trinajstić information content (AvgIpc) is 2.52. The van der Waals surface area contributed by atoms with E-state index in [1.807, 2.05) is 0 Å². The lowest BCUT2D eigenvalue weighted by Crippen LogP contribution is -2.30. The molecular weight excluding hydrogens is 310 g/mol. The van der Waals surface area contributed by atoms with Crippen LogP contribution in [0.2, 0.25) is 0 Å². The monoisotopic (exact) mass is 357 g/mol. The van der Waals surface area contributed by atoms with Crippen LogP contribution in [0.25, 0.3) is 0 Å². The highest BCUT2D eigenvalue weighted by Gasteiger charge is 2.09. The molecule has 0 saturated heterocycles. The molecule has 0 unspecified atom stereocenters. The summed E-state index contributed by atoms with van der Waals surface area (Å²) in [7, 11) is 0. The zero-order chi connectivity index (χ0) is 17.9. The second kappa shape index (κ2) is 18.1. The zero-order valence-electron chi connectivity index (χ0n) is 17.2. The van der Waals surface area contributed by atoms with Gasteiger partial charge in [0.1, 0.15) is 0 Å². The third kappa shape index (κ3) is 22.3. The van der Waals surface area contributed by atoms with Gasteiger partial charge in [0.05, 0.1) is 0 Å². The van der Waals surface area contributed by atoms with Crippen molar-refractivity contribution in [2.45, 2.75) is 128 Å². The number of unbranched alkanes of at least 4 members (excludes halogenated alkanes) is 15. The van der Waals surface area contributed by atoms with Gasteiger partial charge in [-0.05, 0) is 26.8 Å². The molecule has 0 aliphatic rings. The minimum atomic E-state index is 0.120. The van der Waals surface area contributed by atoms with Crippen LogP contribution in [0.5, 0.6) is 0 Å². The number of thiol groups is 1. The first kappa shape index (κ1) is 24.3. The van der Waals surface area contributed by atoms with Crippen molar-refractivity contribution in [2.24, 2.45) is 0 Å². The van der Waals surface area contributed by atoms with E-state index in [0.717, 1.165) is 13.1 Å². The summed E-state index contributed by atoms with van der Waals surface area (Å²) in [6.07, 6.45) is 23.0. The van der Waals surface area contributed by atoms with Crippen LogP contribution in [-0.2, 0) is 0 Å². The maximum atomic E-state index is 4.53. The Balaban J connectivity index is 3.00. The van der Waals surface area contributed by atoms with E-state index in [2.05, 4.69) is 38.7 Å². The van der Waals surface area contributed by atoms with E-state index in [1.165, 1.54) is 103 Å². The molecule has 0 heterocycles.